The van der Waals surface area contributed by atoms with Crippen LogP contribution in [0, 0.1) is 5.82 Å². The summed E-state index contributed by atoms with van der Waals surface area (Å²) in [4.78, 5) is 0. The van der Waals surface area contributed by atoms with Crippen molar-refractivity contribution in [3.63, 3.8) is 0 Å². The lowest BCUT2D eigenvalue weighted by atomic mass is 10.0. The Bertz CT molecular complexity index is 561. The second-order valence-electron chi connectivity index (χ2n) is 4.75. The van der Waals surface area contributed by atoms with Gasteiger partial charge < -0.3 is 5.32 Å². The maximum Gasteiger partial charge on any atom is 0.128 e. The normalized spacial score (nSPS) is 10.9. The van der Waals surface area contributed by atoms with Crippen molar-refractivity contribution < 1.29 is 4.39 Å². The van der Waals surface area contributed by atoms with Gasteiger partial charge in [-0.05, 0) is 25.1 Å². The molecule has 0 aliphatic rings. The molecule has 1 aromatic carbocycles. The van der Waals surface area contributed by atoms with Gasteiger partial charge in [0.1, 0.15) is 5.82 Å². The highest BCUT2D eigenvalue weighted by Crippen LogP contribution is 2.25. The van der Waals surface area contributed by atoms with E-state index in [9.17, 15) is 4.39 Å². The van der Waals surface area contributed by atoms with E-state index in [1.807, 2.05) is 32.4 Å². The molecule has 0 spiro atoms. The fourth-order valence-electron chi connectivity index (χ4n) is 2.25. The molecule has 2 aromatic rings. The Balaban J connectivity index is 2.38. The van der Waals surface area contributed by atoms with E-state index in [0.29, 0.717) is 12.1 Å². The monoisotopic (exact) mass is 261 g/mol. The smallest absolute Gasteiger partial charge is 0.128 e. The summed E-state index contributed by atoms with van der Waals surface area (Å²) >= 11 is 0. The second kappa shape index (κ2) is 5.97. The van der Waals surface area contributed by atoms with Gasteiger partial charge in [-0.1, -0.05) is 25.5 Å². The van der Waals surface area contributed by atoms with E-state index in [1.165, 1.54) is 0 Å². The summed E-state index contributed by atoms with van der Waals surface area (Å²) in [6.45, 7) is 2.66. The first-order valence-electron chi connectivity index (χ1n) is 6.61. The summed E-state index contributed by atoms with van der Waals surface area (Å²) in [6, 6.07) is 5.40. The largest absolute Gasteiger partial charge is 0.316 e. The first-order chi connectivity index (χ1) is 9.15. The second-order valence-corrected chi connectivity index (χ2v) is 4.75. The Morgan fingerprint density at radius 3 is 2.79 bits per heavy atom. The van der Waals surface area contributed by atoms with E-state index < -0.39 is 0 Å². The lowest BCUT2D eigenvalue weighted by Crippen LogP contribution is -2.06. The summed E-state index contributed by atoms with van der Waals surface area (Å²) in [5.74, 6) is -0.168. The van der Waals surface area contributed by atoms with Gasteiger partial charge in [0.15, 0.2) is 0 Å². The van der Waals surface area contributed by atoms with E-state index in [1.54, 1.807) is 10.7 Å². The lowest BCUT2D eigenvalue weighted by Gasteiger charge is -2.06. The molecule has 19 heavy (non-hydrogen) atoms. The van der Waals surface area contributed by atoms with Crippen LogP contribution in [0.25, 0.3) is 11.1 Å². The van der Waals surface area contributed by atoms with Crippen molar-refractivity contribution in [3.05, 3.63) is 41.5 Å². The molecule has 0 bridgehead atoms. The number of benzene rings is 1. The molecule has 0 saturated heterocycles. The van der Waals surface area contributed by atoms with Crippen LogP contribution in [0.15, 0.2) is 24.4 Å². The van der Waals surface area contributed by atoms with Crippen molar-refractivity contribution in [1.29, 1.82) is 0 Å². The number of aryl methyl sites for hydroxylation is 2. The van der Waals surface area contributed by atoms with Gasteiger partial charge in [-0.3, -0.25) is 4.68 Å². The third-order valence-corrected chi connectivity index (χ3v) is 3.12. The zero-order valence-electron chi connectivity index (χ0n) is 11.7. The lowest BCUT2D eigenvalue weighted by molar-refractivity contribution is 0.601. The number of aromatic nitrogens is 2. The van der Waals surface area contributed by atoms with E-state index in [4.69, 9.17) is 0 Å². The number of hydrogen-bond acceptors (Lipinski definition) is 2. The van der Waals surface area contributed by atoms with Gasteiger partial charge in [0, 0.05) is 30.9 Å². The SMILES string of the molecule is CCCc1nn(C)cc1-c1ccc(CNC)c(F)c1. The molecular formula is C15H20FN3. The van der Waals surface area contributed by atoms with Crippen molar-refractivity contribution in [2.75, 3.05) is 7.05 Å². The topological polar surface area (TPSA) is 29.9 Å². The molecule has 1 aromatic heterocycles. The van der Waals surface area contributed by atoms with Crippen LogP contribution >= 0.6 is 0 Å². The van der Waals surface area contributed by atoms with Crippen LogP contribution in [0.4, 0.5) is 4.39 Å². The summed E-state index contributed by atoms with van der Waals surface area (Å²) in [5.41, 5.74) is 3.64. The van der Waals surface area contributed by atoms with Crippen molar-refractivity contribution in [1.82, 2.24) is 15.1 Å². The molecule has 0 aliphatic heterocycles. The van der Waals surface area contributed by atoms with Crippen LogP contribution in [0.5, 0.6) is 0 Å². The average Bonchev–Trinajstić information content (AvgIpc) is 2.74. The Kier molecular flexibility index (Phi) is 4.32. The predicted molar refractivity (Wildman–Crippen MR) is 75.4 cm³/mol. The molecule has 0 fully saturated rings. The number of halogens is 1. The Morgan fingerprint density at radius 2 is 2.16 bits per heavy atom. The number of rotatable bonds is 5. The molecule has 0 unspecified atom stereocenters. The molecule has 3 nitrogen and oxygen atoms in total. The third-order valence-electron chi connectivity index (χ3n) is 3.12. The Morgan fingerprint density at radius 1 is 1.37 bits per heavy atom. The standard InChI is InChI=1S/C15H20FN3/c1-4-5-15-13(10-19(3)18-15)11-6-7-12(9-17-2)14(16)8-11/h6-8,10,17H,4-5,9H2,1-3H3. The van der Waals surface area contributed by atoms with Crippen LogP contribution in [0.3, 0.4) is 0 Å². The number of nitrogens with zero attached hydrogens (tertiary/aromatic N) is 2. The molecule has 4 heteroatoms. The summed E-state index contributed by atoms with van der Waals surface area (Å²) in [5, 5.41) is 7.41. The minimum absolute atomic E-state index is 0.168. The summed E-state index contributed by atoms with van der Waals surface area (Å²) < 4.78 is 15.8. The molecular weight excluding hydrogens is 241 g/mol. The highest BCUT2D eigenvalue weighted by Gasteiger charge is 2.11. The van der Waals surface area contributed by atoms with Gasteiger partial charge in [0.25, 0.3) is 0 Å². The summed E-state index contributed by atoms with van der Waals surface area (Å²) in [6.07, 6.45) is 3.90. The molecule has 0 aliphatic carbocycles. The minimum atomic E-state index is -0.168. The highest BCUT2D eigenvalue weighted by atomic mass is 19.1. The van der Waals surface area contributed by atoms with E-state index in [-0.39, 0.29) is 5.82 Å². The van der Waals surface area contributed by atoms with Crippen LogP contribution in [0.2, 0.25) is 0 Å². The van der Waals surface area contributed by atoms with E-state index in [0.717, 1.165) is 29.7 Å². The van der Waals surface area contributed by atoms with Gasteiger partial charge in [0.05, 0.1) is 5.69 Å². The molecule has 1 heterocycles. The average molecular weight is 261 g/mol. The molecule has 102 valence electrons. The van der Waals surface area contributed by atoms with Gasteiger partial charge >= 0.3 is 0 Å². The van der Waals surface area contributed by atoms with Gasteiger partial charge in [-0.25, -0.2) is 4.39 Å². The number of hydrogen-bond donors (Lipinski definition) is 1. The maximum atomic E-state index is 14.0. The van der Waals surface area contributed by atoms with E-state index >= 15 is 0 Å². The fourth-order valence-corrected chi connectivity index (χ4v) is 2.25. The molecule has 0 amide bonds. The number of nitrogens with one attached hydrogen (secondary N) is 1. The van der Waals surface area contributed by atoms with Gasteiger partial charge in [-0.2, -0.15) is 5.10 Å². The predicted octanol–water partition coefficient (Wildman–Crippen LogP) is 2.90. The van der Waals surface area contributed by atoms with Crippen LogP contribution in [-0.2, 0) is 20.0 Å². The maximum absolute atomic E-state index is 14.0. The van der Waals surface area contributed by atoms with Crippen molar-refractivity contribution in [2.24, 2.45) is 7.05 Å². The zero-order valence-corrected chi connectivity index (χ0v) is 11.7. The van der Waals surface area contributed by atoms with Crippen LogP contribution < -0.4 is 5.32 Å². The van der Waals surface area contributed by atoms with Crippen LogP contribution in [-0.4, -0.2) is 16.8 Å². The highest BCUT2D eigenvalue weighted by molar-refractivity contribution is 5.65. The molecule has 1 N–H and O–H groups in total. The molecule has 0 atom stereocenters. The summed E-state index contributed by atoms with van der Waals surface area (Å²) in [7, 11) is 3.71. The molecule has 0 radical (unpaired) electrons. The first-order valence-corrected chi connectivity index (χ1v) is 6.61. The van der Waals surface area contributed by atoms with Crippen molar-refractivity contribution >= 4 is 0 Å². The van der Waals surface area contributed by atoms with Crippen molar-refractivity contribution in [2.45, 2.75) is 26.3 Å². The van der Waals surface area contributed by atoms with E-state index in [2.05, 4.69) is 17.3 Å². The fraction of sp³-hybridized carbons (Fsp3) is 0.400. The van der Waals surface area contributed by atoms with Gasteiger partial charge in [0.2, 0.25) is 0 Å². The van der Waals surface area contributed by atoms with Crippen molar-refractivity contribution in [3.8, 4) is 11.1 Å². The first kappa shape index (κ1) is 13.7. The third kappa shape index (κ3) is 3.01. The zero-order chi connectivity index (χ0) is 13.8. The van der Waals surface area contributed by atoms with Gasteiger partial charge in [-0.15, -0.1) is 0 Å². The molecule has 2 rings (SSSR count). The molecule has 0 saturated carbocycles. The Labute approximate surface area is 113 Å². The Hall–Kier alpha value is -1.68. The minimum Gasteiger partial charge on any atom is -0.316 e. The van der Waals surface area contributed by atoms with Crippen LogP contribution in [0.1, 0.15) is 24.6 Å². The quantitative estimate of drug-likeness (QED) is 0.897.